The highest BCUT2D eigenvalue weighted by atomic mass is 35.5. The largest absolute Gasteiger partial charge is 0.427 e. The summed E-state index contributed by atoms with van der Waals surface area (Å²) in [6, 6.07) is 7.68. The second-order valence-electron chi connectivity index (χ2n) is 4.54. The quantitative estimate of drug-likeness (QED) is 0.521. The molecule has 1 heterocycles. The van der Waals surface area contributed by atoms with E-state index in [0.29, 0.717) is 4.57 Å². The van der Waals surface area contributed by atoms with Gasteiger partial charge in [-0.3, -0.25) is 14.9 Å². The van der Waals surface area contributed by atoms with Gasteiger partial charge in [0, 0.05) is 16.1 Å². The van der Waals surface area contributed by atoms with E-state index in [-0.39, 0.29) is 26.7 Å². The molecule has 2 aromatic carbocycles. The zero-order valence-corrected chi connectivity index (χ0v) is 12.7. The van der Waals surface area contributed by atoms with Crippen molar-refractivity contribution in [3.8, 4) is 5.69 Å². The molecule has 23 heavy (non-hydrogen) atoms. The smallest absolute Gasteiger partial charge is 0.409 e. The van der Waals surface area contributed by atoms with Gasteiger partial charge in [0.1, 0.15) is 11.3 Å². The Hall–Kier alpha value is -2.64. The van der Waals surface area contributed by atoms with E-state index < -0.39 is 21.9 Å². The first-order valence-corrected chi connectivity index (χ1v) is 6.94. The maximum atomic E-state index is 12.6. The Morgan fingerprint density at radius 3 is 2.39 bits per heavy atom. The van der Waals surface area contributed by atoms with Crippen LogP contribution in [0, 0.1) is 10.1 Å². The van der Waals surface area contributed by atoms with E-state index in [1.807, 2.05) is 0 Å². The third-order valence-corrected chi connectivity index (χ3v) is 3.60. The van der Waals surface area contributed by atoms with Crippen molar-refractivity contribution in [1.29, 1.82) is 0 Å². The topological polar surface area (TPSA) is 95.3 Å². The normalized spacial score (nSPS) is 10.9. The second-order valence-corrected chi connectivity index (χ2v) is 5.41. The van der Waals surface area contributed by atoms with Crippen LogP contribution in [0.5, 0.6) is 0 Å². The summed E-state index contributed by atoms with van der Waals surface area (Å²) in [6.07, 6.45) is 0. The van der Waals surface area contributed by atoms with Gasteiger partial charge in [-0.2, -0.15) is 0 Å². The molecule has 0 spiro atoms. The van der Waals surface area contributed by atoms with Gasteiger partial charge in [0.15, 0.2) is 0 Å². The Labute approximate surface area is 137 Å². The number of nitro benzene ring substituents is 1. The number of nitrogens with zero attached hydrogens (tertiary/aromatic N) is 2. The minimum absolute atomic E-state index is 0.0198. The molecule has 0 saturated heterocycles. The minimum atomic E-state index is -1.06. The van der Waals surface area contributed by atoms with Crippen LogP contribution in [0.2, 0.25) is 10.0 Å². The van der Waals surface area contributed by atoms with Crippen LogP contribution >= 0.6 is 23.2 Å². The number of nitro groups is 1. The molecule has 0 N–H and O–H groups in total. The van der Waals surface area contributed by atoms with Gasteiger partial charge >= 0.3 is 5.76 Å². The molecule has 0 saturated carbocycles. The van der Waals surface area contributed by atoms with Gasteiger partial charge in [0.25, 0.3) is 11.2 Å². The zero-order chi connectivity index (χ0) is 16.7. The van der Waals surface area contributed by atoms with Crippen LogP contribution < -0.4 is 11.3 Å². The predicted octanol–water partition coefficient (Wildman–Crippen LogP) is 3.16. The Morgan fingerprint density at radius 1 is 1.04 bits per heavy atom. The number of fused-ring (bicyclic) bond motifs is 1. The molecule has 116 valence electrons. The molecule has 0 bridgehead atoms. The van der Waals surface area contributed by atoms with Crippen molar-refractivity contribution < 1.29 is 9.34 Å². The van der Waals surface area contributed by atoms with Crippen LogP contribution in [0.3, 0.4) is 0 Å². The standard InChI is InChI=1S/C14H6Cl2N2O5/c15-7-2-4-12-9(5-7)13(19)17(14(20)23-12)11-6-8(16)1-3-10(11)18(21)22/h1-6H. The summed E-state index contributed by atoms with van der Waals surface area (Å²) >= 11 is 11.7. The van der Waals surface area contributed by atoms with Gasteiger partial charge in [-0.25, -0.2) is 9.36 Å². The van der Waals surface area contributed by atoms with Crippen molar-refractivity contribution in [2.45, 2.75) is 0 Å². The highest BCUT2D eigenvalue weighted by molar-refractivity contribution is 6.31. The molecule has 0 amide bonds. The van der Waals surface area contributed by atoms with Gasteiger partial charge in [-0.05, 0) is 30.3 Å². The number of benzene rings is 2. The van der Waals surface area contributed by atoms with E-state index in [1.165, 1.54) is 24.3 Å². The maximum absolute atomic E-state index is 12.6. The number of hydrogen-bond acceptors (Lipinski definition) is 5. The monoisotopic (exact) mass is 352 g/mol. The Bertz CT molecular complexity index is 1070. The number of rotatable bonds is 2. The first kappa shape index (κ1) is 15.3. The molecule has 3 rings (SSSR count). The third kappa shape index (κ3) is 2.60. The fraction of sp³-hybridized carbons (Fsp3) is 0. The lowest BCUT2D eigenvalue weighted by Crippen LogP contribution is -2.31. The molecule has 3 aromatic rings. The first-order chi connectivity index (χ1) is 10.9. The van der Waals surface area contributed by atoms with Crippen molar-refractivity contribution in [3.05, 3.63) is 77.5 Å². The molecule has 0 atom stereocenters. The van der Waals surface area contributed by atoms with Crippen LogP contribution in [0.25, 0.3) is 16.7 Å². The van der Waals surface area contributed by atoms with E-state index >= 15 is 0 Å². The number of halogens is 2. The van der Waals surface area contributed by atoms with E-state index in [0.717, 1.165) is 12.1 Å². The fourth-order valence-corrected chi connectivity index (χ4v) is 2.48. The van der Waals surface area contributed by atoms with E-state index in [1.54, 1.807) is 0 Å². The minimum Gasteiger partial charge on any atom is -0.409 e. The highest BCUT2D eigenvalue weighted by Crippen LogP contribution is 2.25. The third-order valence-electron chi connectivity index (χ3n) is 3.13. The summed E-state index contributed by atoms with van der Waals surface area (Å²) in [4.78, 5) is 35.1. The van der Waals surface area contributed by atoms with Crippen LogP contribution in [0.15, 0.2) is 50.4 Å². The molecule has 9 heteroatoms. The van der Waals surface area contributed by atoms with Crippen molar-refractivity contribution in [2.75, 3.05) is 0 Å². The lowest BCUT2D eigenvalue weighted by molar-refractivity contribution is -0.384. The Kier molecular flexibility index (Phi) is 3.67. The Balaban J connectivity index is 2.47. The number of aromatic nitrogens is 1. The maximum Gasteiger partial charge on any atom is 0.427 e. The molecule has 0 aliphatic heterocycles. The summed E-state index contributed by atoms with van der Waals surface area (Å²) < 4.78 is 5.60. The van der Waals surface area contributed by atoms with Crippen LogP contribution in [-0.2, 0) is 0 Å². The van der Waals surface area contributed by atoms with Crippen LogP contribution in [0.1, 0.15) is 0 Å². The van der Waals surface area contributed by atoms with Gasteiger partial charge in [-0.1, -0.05) is 23.2 Å². The van der Waals surface area contributed by atoms with Crippen LogP contribution in [0.4, 0.5) is 5.69 Å². The average Bonchev–Trinajstić information content (AvgIpc) is 2.48. The summed E-state index contributed by atoms with van der Waals surface area (Å²) in [5, 5.41) is 11.5. The lowest BCUT2D eigenvalue weighted by Gasteiger charge is -2.06. The SMILES string of the molecule is O=c1oc2ccc(Cl)cc2c(=O)n1-c1cc(Cl)ccc1[N+](=O)[O-]. The second kappa shape index (κ2) is 5.53. The van der Waals surface area contributed by atoms with E-state index in [2.05, 4.69) is 0 Å². The van der Waals surface area contributed by atoms with Crippen molar-refractivity contribution in [2.24, 2.45) is 0 Å². The highest BCUT2D eigenvalue weighted by Gasteiger charge is 2.21. The fourth-order valence-electron chi connectivity index (χ4n) is 2.14. The molecule has 0 aliphatic rings. The van der Waals surface area contributed by atoms with E-state index in [4.69, 9.17) is 27.6 Å². The van der Waals surface area contributed by atoms with Gasteiger partial charge in [0.2, 0.25) is 0 Å². The predicted molar refractivity (Wildman–Crippen MR) is 84.8 cm³/mol. The van der Waals surface area contributed by atoms with Crippen molar-refractivity contribution in [3.63, 3.8) is 0 Å². The van der Waals surface area contributed by atoms with Crippen molar-refractivity contribution >= 4 is 39.9 Å². The molecule has 0 unspecified atom stereocenters. The molecular weight excluding hydrogens is 347 g/mol. The molecule has 0 fully saturated rings. The summed E-state index contributed by atoms with van der Waals surface area (Å²) in [7, 11) is 0. The first-order valence-electron chi connectivity index (χ1n) is 6.18. The average molecular weight is 353 g/mol. The molecule has 0 aliphatic carbocycles. The number of hydrogen-bond donors (Lipinski definition) is 0. The summed E-state index contributed by atoms with van der Waals surface area (Å²) in [5.74, 6) is -1.06. The van der Waals surface area contributed by atoms with Gasteiger partial charge in [0.05, 0.1) is 10.3 Å². The van der Waals surface area contributed by atoms with Gasteiger partial charge < -0.3 is 4.42 Å². The summed E-state index contributed by atoms with van der Waals surface area (Å²) in [6.45, 7) is 0. The van der Waals surface area contributed by atoms with Gasteiger partial charge in [-0.15, -0.1) is 0 Å². The van der Waals surface area contributed by atoms with Crippen LogP contribution in [-0.4, -0.2) is 9.49 Å². The Morgan fingerprint density at radius 2 is 1.70 bits per heavy atom. The molecule has 7 nitrogen and oxygen atoms in total. The summed E-state index contributed by atoms with van der Waals surface area (Å²) in [5.41, 5.74) is -1.48. The zero-order valence-electron chi connectivity index (χ0n) is 11.2. The van der Waals surface area contributed by atoms with Crippen molar-refractivity contribution in [1.82, 2.24) is 4.57 Å². The van der Waals surface area contributed by atoms with E-state index in [9.17, 15) is 19.7 Å². The lowest BCUT2D eigenvalue weighted by atomic mass is 10.2. The molecule has 1 aromatic heterocycles. The molecule has 0 radical (unpaired) electrons. The molecular formula is C14H6Cl2N2O5.